The molecule has 0 saturated heterocycles. The van der Waals surface area contributed by atoms with Crippen molar-refractivity contribution in [3.8, 4) is 0 Å². The third kappa shape index (κ3) is 0.878. The van der Waals surface area contributed by atoms with Crippen molar-refractivity contribution >= 4 is 21.6 Å². The van der Waals surface area contributed by atoms with Crippen LogP contribution in [0.3, 0.4) is 0 Å². The summed E-state index contributed by atoms with van der Waals surface area (Å²) in [5.41, 5.74) is 1.26. The first-order valence-corrected chi connectivity index (χ1v) is 4.07. The Hall–Kier alpha value is -1.17. The number of nitrogens with one attached hydrogen (secondary N) is 1. The topological polar surface area (TPSA) is 63.0 Å². The highest BCUT2D eigenvalue weighted by Crippen LogP contribution is 2.12. The third-order valence-corrected chi connectivity index (χ3v) is 2.59. The molecule has 2 aromatic rings. The van der Waals surface area contributed by atoms with Crippen LogP contribution < -0.4 is 5.56 Å². The molecular formula is C6H5BrN4O. The maximum Gasteiger partial charge on any atom is 0.277 e. The molecule has 1 N–H and O–H groups in total. The third-order valence-electron chi connectivity index (χ3n) is 1.63. The van der Waals surface area contributed by atoms with Gasteiger partial charge in [-0.25, -0.2) is 4.52 Å². The number of aromatic amines is 1. The average molecular weight is 229 g/mol. The van der Waals surface area contributed by atoms with Crippen LogP contribution in [-0.2, 0) is 0 Å². The first-order chi connectivity index (χ1) is 5.70. The van der Waals surface area contributed by atoms with Gasteiger partial charge in [0.05, 0.1) is 4.47 Å². The van der Waals surface area contributed by atoms with Crippen molar-refractivity contribution in [2.45, 2.75) is 6.92 Å². The van der Waals surface area contributed by atoms with Crippen LogP contribution in [-0.4, -0.2) is 19.8 Å². The molecule has 0 aliphatic carbocycles. The molecule has 2 aromatic heterocycles. The van der Waals surface area contributed by atoms with Crippen LogP contribution in [0.25, 0.3) is 5.65 Å². The molecule has 0 spiro atoms. The summed E-state index contributed by atoms with van der Waals surface area (Å²) in [6, 6.07) is 0. The van der Waals surface area contributed by atoms with Crippen molar-refractivity contribution in [2.24, 2.45) is 0 Å². The molecule has 62 valence electrons. The Morgan fingerprint density at radius 3 is 3.17 bits per heavy atom. The minimum absolute atomic E-state index is 0.181. The predicted molar refractivity (Wildman–Crippen MR) is 46.0 cm³/mol. The van der Waals surface area contributed by atoms with Gasteiger partial charge in [0.1, 0.15) is 6.33 Å². The summed E-state index contributed by atoms with van der Waals surface area (Å²) < 4.78 is 1.99. The highest BCUT2D eigenvalue weighted by Gasteiger charge is 2.06. The van der Waals surface area contributed by atoms with Gasteiger partial charge < -0.3 is 0 Å². The second-order valence-electron chi connectivity index (χ2n) is 2.40. The van der Waals surface area contributed by atoms with Crippen molar-refractivity contribution in [3.63, 3.8) is 0 Å². The van der Waals surface area contributed by atoms with Crippen molar-refractivity contribution in [3.05, 3.63) is 26.7 Å². The Labute approximate surface area is 75.5 Å². The zero-order chi connectivity index (χ0) is 8.72. The molecule has 2 heterocycles. The lowest BCUT2D eigenvalue weighted by Gasteiger charge is -1.97. The molecule has 0 aliphatic rings. The fraction of sp³-hybridized carbons (Fsp3) is 0.167. The smallest absolute Gasteiger partial charge is 0.267 e. The van der Waals surface area contributed by atoms with Crippen LogP contribution in [0.2, 0.25) is 0 Å². The van der Waals surface area contributed by atoms with Gasteiger partial charge in [-0.3, -0.25) is 9.89 Å². The van der Waals surface area contributed by atoms with Crippen LogP contribution in [0.1, 0.15) is 5.56 Å². The van der Waals surface area contributed by atoms with Gasteiger partial charge in [0.2, 0.25) is 0 Å². The number of nitrogens with zero attached hydrogens (tertiary/aromatic N) is 3. The summed E-state index contributed by atoms with van der Waals surface area (Å²) in [5, 5.41) is 10.1. The second-order valence-corrected chi connectivity index (χ2v) is 3.20. The summed E-state index contributed by atoms with van der Waals surface area (Å²) >= 11 is 3.16. The van der Waals surface area contributed by atoms with E-state index in [2.05, 4.69) is 31.2 Å². The Morgan fingerprint density at radius 1 is 1.67 bits per heavy atom. The van der Waals surface area contributed by atoms with Crippen LogP contribution in [0.5, 0.6) is 0 Å². The van der Waals surface area contributed by atoms with Crippen molar-refractivity contribution < 1.29 is 0 Å². The Kier molecular flexibility index (Phi) is 1.50. The lowest BCUT2D eigenvalue weighted by molar-refractivity contribution is 0.883. The summed E-state index contributed by atoms with van der Waals surface area (Å²) in [6.07, 6.45) is 1.45. The summed E-state index contributed by atoms with van der Waals surface area (Å²) in [6.45, 7) is 1.81. The average Bonchev–Trinajstić information content (AvgIpc) is 2.48. The maximum atomic E-state index is 11.2. The van der Waals surface area contributed by atoms with Gasteiger partial charge in [-0.05, 0) is 22.9 Å². The van der Waals surface area contributed by atoms with Crippen LogP contribution in [0.15, 0.2) is 15.6 Å². The lowest BCUT2D eigenvalue weighted by atomic mass is 10.3. The molecule has 0 radical (unpaired) electrons. The van der Waals surface area contributed by atoms with Crippen LogP contribution >= 0.6 is 15.9 Å². The van der Waals surface area contributed by atoms with Gasteiger partial charge in [-0.15, -0.1) is 10.2 Å². The van der Waals surface area contributed by atoms with E-state index in [9.17, 15) is 4.79 Å². The van der Waals surface area contributed by atoms with E-state index in [1.54, 1.807) is 0 Å². The molecule has 0 saturated carbocycles. The minimum Gasteiger partial charge on any atom is -0.267 e. The highest BCUT2D eigenvalue weighted by molar-refractivity contribution is 9.10. The number of hydrogen-bond acceptors (Lipinski definition) is 3. The lowest BCUT2D eigenvalue weighted by Crippen LogP contribution is -2.13. The maximum absolute atomic E-state index is 11.2. The van der Waals surface area contributed by atoms with Crippen LogP contribution in [0.4, 0.5) is 0 Å². The van der Waals surface area contributed by atoms with E-state index in [1.807, 2.05) is 6.92 Å². The molecule has 2 rings (SSSR count). The van der Waals surface area contributed by atoms with Gasteiger partial charge in [0.15, 0.2) is 5.65 Å². The molecule has 5 nitrogen and oxygen atoms in total. The quantitative estimate of drug-likeness (QED) is 0.714. The molecule has 0 unspecified atom stereocenters. The first-order valence-electron chi connectivity index (χ1n) is 3.28. The van der Waals surface area contributed by atoms with Gasteiger partial charge in [-0.1, -0.05) is 0 Å². The van der Waals surface area contributed by atoms with E-state index in [0.717, 1.165) is 5.56 Å². The van der Waals surface area contributed by atoms with Gasteiger partial charge in [-0.2, -0.15) is 0 Å². The predicted octanol–water partition coefficient (Wildman–Crippen LogP) is 0.489. The van der Waals surface area contributed by atoms with Crippen molar-refractivity contribution in [2.75, 3.05) is 0 Å². The van der Waals surface area contributed by atoms with Gasteiger partial charge in [0, 0.05) is 5.56 Å². The number of fused-ring (bicyclic) bond motifs is 1. The number of aromatic nitrogens is 4. The standard InChI is InChI=1S/C6H5BrN4O/c1-3-4(7)6(12)10-11-2-8-9-5(3)11/h2H,1H3,(H,10,12). The Bertz CT molecular complexity index is 486. The number of rotatable bonds is 0. The molecular weight excluding hydrogens is 224 g/mol. The molecule has 0 atom stereocenters. The van der Waals surface area contributed by atoms with Crippen molar-refractivity contribution in [1.82, 2.24) is 19.8 Å². The minimum atomic E-state index is -0.181. The molecule has 0 amide bonds. The summed E-state index contributed by atoms with van der Waals surface area (Å²) in [4.78, 5) is 11.2. The van der Waals surface area contributed by atoms with Gasteiger partial charge in [0.25, 0.3) is 5.56 Å². The van der Waals surface area contributed by atoms with Crippen LogP contribution in [0, 0.1) is 6.92 Å². The molecule has 0 aliphatic heterocycles. The molecule has 0 aromatic carbocycles. The van der Waals surface area contributed by atoms with Crippen molar-refractivity contribution in [1.29, 1.82) is 0 Å². The Balaban J connectivity index is 3.04. The molecule has 6 heteroatoms. The summed E-state index contributed by atoms with van der Waals surface area (Å²) in [7, 11) is 0. The van der Waals surface area contributed by atoms with E-state index < -0.39 is 0 Å². The summed E-state index contributed by atoms with van der Waals surface area (Å²) in [5.74, 6) is 0. The number of aryl methyl sites for hydroxylation is 1. The highest BCUT2D eigenvalue weighted by atomic mass is 79.9. The fourth-order valence-electron chi connectivity index (χ4n) is 0.999. The Morgan fingerprint density at radius 2 is 2.42 bits per heavy atom. The molecule has 0 fully saturated rings. The van der Waals surface area contributed by atoms with E-state index in [-0.39, 0.29) is 5.56 Å². The fourth-order valence-corrected chi connectivity index (χ4v) is 1.27. The van der Waals surface area contributed by atoms with Gasteiger partial charge >= 0.3 is 0 Å². The number of H-pyrrole nitrogens is 1. The second kappa shape index (κ2) is 2.41. The van der Waals surface area contributed by atoms with E-state index in [4.69, 9.17) is 0 Å². The molecule has 12 heavy (non-hydrogen) atoms. The van der Waals surface area contributed by atoms with E-state index in [0.29, 0.717) is 10.1 Å². The first kappa shape index (κ1) is 7.48. The SMILES string of the molecule is Cc1c(Br)c(=O)[nH]n2cnnc12. The molecule has 0 bridgehead atoms. The number of hydrogen-bond donors (Lipinski definition) is 1. The normalized spacial score (nSPS) is 10.8. The van der Waals surface area contributed by atoms with E-state index in [1.165, 1.54) is 10.8 Å². The number of halogens is 1. The zero-order valence-electron chi connectivity index (χ0n) is 6.21. The monoisotopic (exact) mass is 228 g/mol. The largest absolute Gasteiger partial charge is 0.277 e. The van der Waals surface area contributed by atoms with E-state index >= 15 is 0 Å². The zero-order valence-corrected chi connectivity index (χ0v) is 7.79.